The number of aromatic nitrogens is 1. The Morgan fingerprint density at radius 3 is 2.62 bits per heavy atom. The van der Waals surface area contributed by atoms with Crippen LogP contribution in [-0.4, -0.2) is 25.9 Å². The van der Waals surface area contributed by atoms with Crippen molar-refractivity contribution in [2.45, 2.75) is 11.8 Å². The second kappa shape index (κ2) is 9.35. The SMILES string of the molecule is CCOc1ccccc1C=CC(=O)Nc1ccc(S(=O)(=O)Nc2nccs2)cc1. The van der Waals surface area contributed by atoms with Crippen molar-refractivity contribution in [1.29, 1.82) is 0 Å². The van der Waals surface area contributed by atoms with Gasteiger partial charge in [-0.3, -0.25) is 9.52 Å². The van der Waals surface area contributed by atoms with Crippen molar-refractivity contribution in [2.75, 3.05) is 16.6 Å². The third-order valence-corrected chi connectivity index (χ3v) is 5.89. The number of sulfonamides is 1. The predicted octanol–water partition coefficient (Wildman–Crippen LogP) is 3.99. The molecule has 7 nitrogen and oxygen atoms in total. The number of nitrogens with one attached hydrogen (secondary N) is 2. The number of anilines is 2. The summed E-state index contributed by atoms with van der Waals surface area (Å²) < 4.78 is 32.6. The molecule has 1 aromatic heterocycles. The van der Waals surface area contributed by atoms with Gasteiger partial charge < -0.3 is 10.1 Å². The lowest BCUT2D eigenvalue weighted by Gasteiger charge is -2.07. The first-order valence-corrected chi connectivity index (χ1v) is 11.1. The van der Waals surface area contributed by atoms with E-state index < -0.39 is 10.0 Å². The molecule has 0 bridgehead atoms. The highest BCUT2D eigenvalue weighted by Gasteiger charge is 2.15. The second-order valence-electron chi connectivity index (χ2n) is 5.76. The normalized spacial score (nSPS) is 11.3. The minimum absolute atomic E-state index is 0.0758. The monoisotopic (exact) mass is 429 g/mol. The van der Waals surface area contributed by atoms with Gasteiger partial charge in [0.15, 0.2) is 5.13 Å². The summed E-state index contributed by atoms with van der Waals surface area (Å²) in [5.74, 6) is 0.356. The quantitative estimate of drug-likeness (QED) is 0.528. The smallest absolute Gasteiger partial charge is 0.263 e. The van der Waals surface area contributed by atoms with Gasteiger partial charge in [-0.05, 0) is 43.3 Å². The third-order valence-electron chi connectivity index (χ3n) is 3.72. The van der Waals surface area contributed by atoms with Gasteiger partial charge in [0.25, 0.3) is 10.0 Å². The first-order chi connectivity index (χ1) is 14.0. The molecule has 0 radical (unpaired) electrons. The molecule has 9 heteroatoms. The van der Waals surface area contributed by atoms with Crippen LogP contribution in [0.1, 0.15) is 12.5 Å². The summed E-state index contributed by atoms with van der Waals surface area (Å²) in [6.07, 6.45) is 4.57. The van der Waals surface area contributed by atoms with E-state index in [0.29, 0.717) is 23.2 Å². The van der Waals surface area contributed by atoms with Crippen LogP contribution in [0.25, 0.3) is 6.08 Å². The van der Waals surface area contributed by atoms with Crippen LogP contribution in [0.4, 0.5) is 10.8 Å². The van der Waals surface area contributed by atoms with E-state index in [4.69, 9.17) is 4.74 Å². The zero-order valence-corrected chi connectivity index (χ0v) is 17.2. The van der Waals surface area contributed by atoms with E-state index in [-0.39, 0.29) is 10.8 Å². The minimum Gasteiger partial charge on any atom is -0.493 e. The molecule has 29 heavy (non-hydrogen) atoms. The fourth-order valence-electron chi connectivity index (χ4n) is 2.42. The number of ether oxygens (including phenoxy) is 1. The Labute approximate surface area is 173 Å². The maximum atomic E-state index is 12.3. The Kier molecular flexibility index (Phi) is 6.63. The van der Waals surface area contributed by atoms with Gasteiger partial charge in [0.05, 0.1) is 11.5 Å². The highest BCUT2D eigenvalue weighted by atomic mass is 32.2. The number of nitrogens with zero attached hydrogens (tertiary/aromatic N) is 1. The number of rotatable bonds is 8. The van der Waals surface area contributed by atoms with Gasteiger partial charge >= 0.3 is 0 Å². The lowest BCUT2D eigenvalue weighted by atomic mass is 10.2. The van der Waals surface area contributed by atoms with Crippen LogP contribution in [0.3, 0.4) is 0 Å². The van der Waals surface area contributed by atoms with Crippen LogP contribution in [0.2, 0.25) is 0 Å². The summed E-state index contributed by atoms with van der Waals surface area (Å²) >= 11 is 1.19. The summed E-state index contributed by atoms with van der Waals surface area (Å²) in [6, 6.07) is 13.3. The number of para-hydroxylation sites is 1. The average Bonchev–Trinajstić information content (AvgIpc) is 3.20. The Morgan fingerprint density at radius 1 is 1.17 bits per heavy atom. The van der Waals surface area contributed by atoms with E-state index >= 15 is 0 Å². The Hall–Kier alpha value is -3.17. The molecule has 3 aromatic rings. The maximum absolute atomic E-state index is 12.3. The summed E-state index contributed by atoms with van der Waals surface area (Å²) in [4.78, 5) is 16.1. The van der Waals surface area contributed by atoms with E-state index in [1.54, 1.807) is 11.5 Å². The van der Waals surface area contributed by atoms with E-state index in [0.717, 1.165) is 5.56 Å². The van der Waals surface area contributed by atoms with Gasteiger partial charge in [0.2, 0.25) is 5.91 Å². The molecule has 1 amide bonds. The molecule has 0 aliphatic carbocycles. The first kappa shape index (κ1) is 20.6. The largest absolute Gasteiger partial charge is 0.493 e. The van der Waals surface area contributed by atoms with Gasteiger partial charge in [-0.2, -0.15) is 0 Å². The van der Waals surface area contributed by atoms with E-state index in [1.165, 1.54) is 47.9 Å². The summed E-state index contributed by atoms with van der Waals surface area (Å²) in [5, 5.41) is 4.66. The number of carbonyl (C=O) groups is 1. The molecule has 2 N–H and O–H groups in total. The fraction of sp³-hybridized carbons (Fsp3) is 0.100. The van der Waals surface area contributed by atoms with Gasteiger partial charge in [-0.1, -0.05) is 18.2 Å². The Bertz CT molecular complexity index is 1090. The highest BCUT2D eigenvalue weighted by Crippen LogP contribution is 2.21. The summed E-state index contributed by atoms with van der Waals surface area (Å²) in [6.45, 7) is 2.42. The van der Waals surface area contributed by atoms with Gasteiger partial charge in [-0.15, -0.1) is 11.3 Å². The zero-order valence-electron chi connectivity index (χ0n) is 15.5. The predicted molar refractivity (Wildman–Crippen MR) is 115 cm³/mol. The highest BCUT2D eigenvalue weighted by molar-refractivity contribution is 7.93. The lowest BCUT2D eigenvalue weighted by Crippen LogP contribution is -2.13. The fourth-order valence-corrected chi connectivity index (χ4v) is 4.21. The Morgan fingerprint density at radius 2 is 1.93 bits per heavy atom. The van der Waals surface area contributed by atoms with Crippen LogP contribution in [0.5, 0.6) is 5.75 Å². The van der Waals surface area contributed by atoms with Crippen molar-refractivity contribution in [3.63, 3.8) is 0 Å². The van der Waals surface area contributed by atoms with Gasteiger partial charge in [0.1, 0.15) is 5.75 Å². The van der Waals surface area contributed by atoms with Gasteiger partial charge in [0, 0.05) is 28.9 Å². The molecule has 0 fully saturated rings. The van der Waals surface area contributed by atoms with E-state index in [9.17, 15) is 13.2 Å². The standard InChI is InChI=1S/C20H19N3O4S2/c1-2-27-18-6-4-3-5-15(18)7-12-19(24)22-16-8-10-17(11-9-16)29(25,26)23-20-21-13-14-28-20/h3-14H,2H2,1H3,(H,21,23)(H,22,24). The molecule has 2 aromatic carbocycles. The molecule has 150 valence electrons. The van der Waals surface area contributed by atoms with Crippen LogP contribution in [0.15, 0.2) is 71.1 Å². The summed E-state index contributed by atoms with van der Waals surface area (Å²) in [7, 11) is -3.73. The van der Waals surface area contributed by atoms with Crippen LogP contribution >= 0.6 is 11.3 Å². The molecule has 0 unspecified atom stereocenters. The molecular weight excluding hydrogens is 410 g/mol. The Balaban J connectivity index is 1.64. The topological polar surface area (TPSA) is 97.4 Å². The molecular formula is C20H19N3O4S2. The van der Waals surface area contributed by atoms with E-state index in [2.05, 4.69) is 15.0 Å². The number of amides is 1. The molecule has 1 heterocycles. The second-order valence-corrected chi connectivity index (χ2v) is 8.34. The molecule has 0 atom stereocenters. The molecule has 0 saturated heterocycles. The molecule has 0 aliphatic heterocycles. The van der Waals surface area contributed by atoms with Crippen molar-refractivity contribution >= 4 is 44.2 Å². The average molecular weight is 430 g/mol. The zero-order chi connectivity index (χ0) is 20.7. The van der Waals surface area contributed by atoms with Crippen molar-refractivity contribution in [3.8, 4) is 5.75 Å². The number of hydrogen-bond acceptors (Lipinski definition) is 6. The molecule has 3 rings (SSSR count). The van der Waals surface area contributed by atoms with Crippen LogP contribution in [-0.2, 0) is 14.8 Å². The van der Waals surface area contributed by atoms with Crippen molar-refractivity contribution in [1.82, 2.24) is 4.98 Å². The van der Waals surface area contributed by atoms with Crippen molar-refractivity contribution in [3.05, 3.63) is 71.7 Å². The van der Waals surface area contributed by atoms with Crippen molar-refractivity contribution < 1.29 is 17.9 Å². The number of carbonyl (C=O) groups excluding carboxylic acids is 1. The third kappa shape index (κ3) is 5.66. The number of hydrogen-bond donors (Lipinski definition) is 2. The number of benzene rings is 2. The molecule has 0 saturated carbocycles. The molecule has 0 spiro atoms. The molecule has 0 aliphatic rings. The number of thiazole rings is 1. The minimum atomic E-state index is -3.73. The lowest BCUT2D eigenvalue weighted by molar-refractivity contribution is -0.111. The van der Waals surface area contributed by atoms with Crippen LogP contribution in [0, 0.1) is 0 Å². The summed E-state index contributed by atoms with van der Waals surface area (Å²) in [5.41, 5.74) is 1.27. The van der Waals surface area contributed by atoms with E-state index in [1.807, 2.05) is 31.2 Å². The van der Waals surface area contributed by atoms with Crippen LogP contribution < -0.4 is 14.8 Å². The first-order valence-electron chi connectivity index (χ1n) is 8.71. The van der Waals surface area contributed by atoms with Crippen molar-refractivity contribution in [2.24, 2.45) is 0 Å². The maximum Gasteiger partial charge on any atom is 0.263 e. The van der Waals surface area contributed by atoms with Gasteiger partial charge in [-0.25, -0.2) is 13.4 Å².